The van der Waals surface area contributed by atoms with Crippen LogP contribution in [0.25, 0.3) is 0 Å². The maximum atomic E-state index is 12.5. The maximum Gasteiger partial charge on any atom is 0.458 e. The van der Waals surface area contributed by atoms with Crippen molar-refractivity contribution in [3.8, 4) is 6.07 Å². The highest BCUT2D eigenvalue weighted by molar-refractivity contribution is 6.01. The van der Waals surface area contributed by atoms with Crippen LogP contribution in [-0.2, 0) is 4.84 Å². The van der Waals surface area contributed by atoms with Gasteiger partial charge in [0.25, 0.3) is 0 Å². The first-order chi connectivity index (χ1) is 8.36. The Balaban J connectivity index is 2.21. The molecular formula is C11H7F3N2O2. The number of nitriles is 1. The highest BCUT2D eigenvalue weighted by Gasteiger charge is 2.60. The van der Waals surface area contributed by atoms with E-state index in [0.29, 0.717) is 11.1 Å². The Labute approximate surface area is 99.9 Å². The molecule has 4 nitrogen and oxygen atoms in total. The zero-order chi connectivity index (χ0) is 13.4. The van der Waals surface area contributed by atoms with Crippen molar-refractivity contribution in [3.05, 3.63) is 35.4 Å². The minimum absolute atomic E-state index is 0.0145. The summed E-state index contributed by atoms with van der Waals surface area (Å²) in [5.74, 6) is -3.27. The quantitative estimate of drug-likeness (QED) is 0.834. The molecule has 2 rings (SSSR count). The Bertz CT molecular complexity index is 531. The molecule has 1 aliphatic rings. The van der Waals surface area contributed by atoms with E-state index in [1.165, 1.54) is 24.3 Å². The lowest BCUT2D eigenvalue weighted by molar-refractivity contribution is -0.355. The third-order valence-corrected chi connectivity index (χ3v) is 2.50. The molecule has 1 atom stereocenters. The molecule has 94 valence electrons. The van der Waals surface area contributed by atoms with Gasteiger partial charge in [-0.15, -0.1) is 0 Å². The van der Waals surface area contributed by atoms with Gasteiger partial charge in [0, 0.05) is 0 Å². The summed E-state index contributed by atoms with van der Waals surface area (Å²) in [6, 6.07) is 7.67. The van der Waals surface area contributed by atoms with Gasteiger partial charge < -0.3 is 9.94 Å². The number of rotatable bonds is 1. The smallest absolute Gasteiger partial charge is 0.350 e. The monoisotopic (exact) mass is 256 g/mol. The molecule has 0 radical (unpaired) electrons. The first-order valence-corrected chi connectivity index (χ1v) is 4.90. The molecule has 1 aromatic carbocycles. The van der Waals surface area contributed by atoms with Gasteiger partial charge in [-0.05, 0) is 17.7 Å². The number of aliphatic hydroxyl groups is 1. The van der Waals surface area contributed by atoms with Crippen molar-refractivity contribution in [2.24, 2.45) is 5.16 Å². The van der Waals surface area contributed by atoms with Gasteiger partial charge in [0.05, 0.1) is 23.8 Å². The van der Waals surface area contributed by atoms with Crippen LogP contribution in [0.5, 0.6) is 0 Å². The SMILES string of the molecule is N#Cc1ccc(C2=NOC(O)(C(F)(F)F)C2)cc1. The van der Waals surface area contributed by atoms with Crippen LogP contribution in [0.3, 0.4) is 0 Å². The summed E-state index contributed by atoms with van der Waals surface area (Å²) < 4.78 is 37.4. The van der Waals surface area contributed by atoms with E-state index in [0.717, 1.165) is 0 Å². The number of nitrogens with zero attached hydrogens (tertiary/aromatic N) is 2. The van der Waals surface area contributed by atoms with Crippen LogP contribution in [0.1, 0.15) is 17.5 Å². The number of oxime groups is 1. The Morgan fingerprint density at radius 1 is 1.33 bits per heavy atom. The zero-order valence-corrected chi connectivity index (χ0v) is 8.90. The molecule has 0 saturated heterocycles. The molecule has 0 saturated carbocycles. The Morgan fingerprint density at radius 3 is 2.39 bits per heavy atom. The summed E-state index contributed by atoms with van der Waals surface area (Å²) in [5.41, 5.74) is 0.734. The summed E-state index contributed by atoms with van der Waals surface area (Å²) in [5, 5.41) is 21.1. The molecule has 0 bridgehead atoms. The molecule has 1 N–H and O–H groups in total. The number of hydrogen-bond acceptors (Lipinski definition) is 4. The molecule has 1 aliphatic heterocycles. The lowest BCUT2D eigenvalue weighted by Gasteiger charge is -2.22. The summed E-state index contributed by atoms with van der Waals surface area (Å²) in [6.45, 7) is 0. The average Bonchev–Trinajstić information content (AvgIpc) is 2.73. The van der Waals surface area contributed by atoms with Gasteiger partial charge in [0.2, 0.25) is 0 Å². The number of benzene rings is 1. The van der Waals surface area contributed by atoms with E-state index in [-0.39, 0.29) is 5.71 Å². The summed E-state index contributed by atoms with van der Waals surface area (Å²) in [4.78, 5) is 4.08. The Hall–Kier alpha value is -2.07. The maximum absolute atomic E-state index is 12.5. The number of halogens is 3. The lowest BCUT2D eigenvalue weighted by atomic mass is 10.0. The van der Waals surface area contributed by atoms with E-state index < -0.39 is 18.4 Å². The van der Waals surface area contributed by atoms with Crippen LogP contribution in [0.2, 0.25) is 0 Å². The second kappa shape index (κ2) is 3.99. The van der Waals surface area contributed by atoms with Gasteiger partial charge >= 0.3 is 12.0 Å². The van der Waals surface area contributed by atoms with Crippen molar-refractivity contribution in [2.75, 3.05) is 0 Å². The fourth-order valence-electron chi connectivity index (χ4n) is 1.47. The van der Waals surface area contributed by atoms with Crippen LogP contribution < -0.4 is 0 Å². The number of alkyl halides is 3. The predicted molar refractivity (Wildman–Crippen MR) is 54.4 cm³/mol. The van der Waals surface area contributed by atoms with E-state index in [9.17, 15) is 18.3 Å². The first-order valence-electron chi connectivity index (χ1n) is 4.90. The standard InChI is InChI=1S/C11H7F3N2O2/c12-11(13,14)10(17)5-9(16-18-10)8-3-1-7(6-15)2-4-8/h1-4,17H,5H2. The Morgan fingerprint density at radius 2 is 1.94 bits per heavy atom. The van der Waals surface area contributed by atoms with Crippen LogP contribution >= 0.6 is 0 Å². The van der Waals surface area contributed by atoms with Gasteiger partial charge in [0.15, 0.2) is 0 Å². The van der Waals surface area contributed by atoms with Crippen LogP contribution in [0, 0.1) is 11.3 Å². The largest absolute Gasteiger partial charge is 0.458 e. The van der Waals surface area contributed by atoms with Crippen molar-refractivity contribution in [3.63, 3.8) is 0 Å². The van der Waals surface area contributed by atoms with Gasteiger partial charge in [-0.25, -0.2) is 0 Å². The van der Waals surface area contributed by atoms with E-state index in [1.807, 2.05) is 6.07 Å². The van der Waals surface area contributed by atoms with Crippen molar-refractivity contribution in [1.29, 1.82) is 5.26 Å². The summed E-state index contributed by atoms with van der Waals surface area (Å²) >= 11 is 0. The van der Waals surface area contributed by atoms with Crippen molar-refractivity contribution < 1.29 is 23.1 Å². The van der Waals surface area contributed by atoms with Crippen molar-refractivity contribution in [2.45, 2.75) is 18.4 Å². The van der Waals surface area contributed by atoms with E-state index in [4.69, 9.17) is 5.26 Å². The number of hydrogen-bond donors (Lipinski definition) is 1. The molecule has 0 spiro atoms. The van der Waals surface area contributed by atoms with Gasteiger partial charge in [-0.3, -0.25) is 0 Å². The van der Waals surface area contributed by atoms with Crippen LogP contribution in [0.4, 0.5) is 13.2 Å². The fourth-order valence-corrected chi connectivity index (χ4v) is 1.47. The van der Waals surface area contributed by atoms with E-state index in [2.05, 4.69) is 9.99 Å². The van der Waals surface area contributed by atoms with Crippen LogP contribution in [0.15, 0.2) is 29.4 Å². The topological polar surface area (TPSA) is 65.6 Å². The lowest BCUT2D eigenvalue weighted by Crippen LogP contribution is -2.45. The van der Waals surface area contributed by atoms with Crippen molar-refractivity contribution >= 4 is 5.71 Å². The molecule has 1 heterocycles. The molecular weight excluding hydrogens is 249 g/mol. The summed E-state index contributed by atoms with van der Waals surface area (Å²) in [6.07, 6.45) is -5.69. The summed E-state index contributed by atoms with van der Waals surface area (Å²) in [7, 11) is 0. The average molecular weight is 256 g/mol. The molecule has 0 aromatic heterocycles. The molecule has 1 aromatic rings. The van der Waals surface area contributed by atoms with Gasteiger partial charge in [-0.1, -0.05) is 17.3 Å². The second-order valence-electron chi connectivity index (χ2n) is 3.78. The van der Waals surface area contributed by atoms with Crippen LogP contribution in [-0.4, -0.2) is 22.8 Å². The highest BCUT2D eigenvalue weighted by atomic mass is 19.4. The molecule has 7 heteroatoms. The minimum atomic E-state index is -4.91. The molecule has 0 fully saturated rings. The minimum Gasteiger partial charge on any atom is -0.350 e. The molecule has 18 heavy (non-hydrogen) atoms. The second-order valence-corrected chi connectivity index (χ2v) is 3.78. The molecule has 0 aliphatic carbocycles. The van der Waals surface area contributed by atoms with E-state index >= 15 is 0 Å². The van der Waals surface area contributed by atoms with Gasteiger partial charge in [0.1, 0.15) is 0 Å². The molecule has 1 unspecified atom stereocenters. The fraction of sp³-hybridized carbons (Fsp3) is 0.273. The third-order valence-electron chi connectivity index (χ3n) is 2.50. The van der Waals surface area contributed by atoms with E-state index in [1.54, 1.807) is 0 Å². The predicted octanol–water partition coefficient (Wildman–Crippen LogP) is 1.93. The molecule has 0 amide bonds. The van der Waals surface area contributed by atoms with Crippen molar-refractivity contribution in [1.82, 2.24) is 0 Å². The third kappa shape index (κ3) is 2.02. The Kier molecular flexibility index (Phi) is 2.75. The van der Waals surface area contributed by atoms with Gasteiger partial charge in [-0.2, -0.15) is 18.4 Å². The zero-order valence-electron chi connectivity index (χ0n) is 8.90. The highest BCUT2D eigenvalue weighted by Crippen LogP contribution is 2.38. The first kappa shape index (κ1) is 12.4. The normalized spacial score (nSPS) is 23.2.